The number of hydrogen-bond donors (Lipinski definition) is 0. The van der Waals surface area contributed by atoms with E-state index in [1.807, 2.05) is 0 Å². The molecule has 0 aromatic heterocycles. The Morgan fingerprint density at radius 1 is 1.04 bits per heavy atom. The van der Waals surface area contributed by atoms with E-state index < -0.39 is 0 Å². The van der Waals surface area contributed by atoms with Gasteiger partial charge in [-0.1, -0.05) is 73.9 Å². The lowest BCUT2D eigenvalue weighted by Crippen LogP contribution is -2.20. The van der Waals surface area contributed by atoms with E-state index in [2.05, 4.69) is 74.4 Å². The Morgan fingerprint density at radius 2 is 1.52 bits per heavy atom. The van der Waals surface area contributed by atoms with E-state index in [9.17, 15) is 4.79 Å². The second-order valence-electron chi connectivity index (χ2n) is 9.51. The van der Waals surface area contributed by atoms with Gasteiger partial charge < -0.3 is 4.74 Å². The molecule has 142 valence electrons. The van der Waals surface area contributed by atoms with Gasteiger partial charge in [-0.2, -0.15) is 0 Å². The molecule has 0 aliphatic heterocycles. The van der Waals surface area contributed by atoms with E-state index in [1.54, 1.807) is 0 Å². The third-order valence-corrected chi connectivity index (χ3v) is 4.93. The Balaban J connectivity index is 2.98. The first-order valence-electron chi connectivity index (χ1n) is 9.66. The van der Waals surface area contributed by atoms with Crippen molar-refractivity contribution in [2.24, 2.45) is 5.92 Å². The Hall–Kier alpha value is -1.31. The highest BCUT2D eigenvalue weighted by molar-refractivity contribution is 5.69. The van der Waals surface area contributed by atoms with Gasteiger partial charge in [-0.15, -0.1) is 0 Å². The van der Waals surface area contributed by atoms with Crippen molar-refractivity contribution < 1.29 is 9.53 Å². The van der Waals surface area contributed by atoms with Gasteiger partial charge in [0.15, 0.2) is 0 Å². The van der Waals surface area contributed by atoms with Crippen LogP contribution in [0.15, 0.2) is 12.1 Å². The minimum Gasteiger partial charge on any atom is -0.465 e. The topological polar surface area (TPSA) is 26.3 Å². The molecule has 0 N–H and O–H groups in total. The third kappa shape index (κ3) is 6.49. The molecule has 0 saturated carbocycles. The summed E-state index contributed by atoms with van der Waals surface area (Å²) in [6, 6.07) is 4.57. The second-order valence-corrected chi connectivity index (χ2v) is 9.51. The van der Waals surface area contributed by atoms with Gasteiger partial charge in [0.1, 0.15) is 0 Å². The summed E-state index contributed by atoms with van der Waals surface area (Å²) in [7, 11) is 0. The number of aryl methyl sites for hydroxylation is 1. The van der Waals surface area contributed by atoms with Gasteiger partial charge in [-0.3, -0.25) is 4.79 Å². The molecule has 1 rings (SSSR count). The predicted molar refractivity (Wildman–Crippen MR) is 107 cm³/mol. The first-order chi connectivity index (χ1) is 11.4. The third-order valence-electron chi connectivity index (χ3n) is 4.93. The fourth-order valence-electron chi connectivity index (χ4n) is 3.15. The van der Waals surface area contributed by atoms with E-state index in [0.29, 0.717) is 18.9 Å². The monoisotopic (exact) mass is 346 g/mol. The predicted octanol–water partition coefficient (Wildman–Crippen LogP) is 6.11. The Kier molecular flexibility index (Phi) is 7.28. The van der Waals surface area contributed by atoms with Crippen LogP contribution in [-0.4, -0.2) is 12.6 Å². The average molecular weight is 347 g/mol. The van der Waals surface area contributed by atoms with Crippen molar-refractivity contribution in [1.82, 2.24) is 0 Å². The Morgan fingerprint density at radius 3 is 1.92 bits per heavy atom. The molecule has 1 aromatic carbocycles. The zero-order valence-corrected chi connectivity index (χ0v) is 17.9. The van der Waals surface area contributed by atoms with Crippen LogP contribution in [0.1, 0.15) is 90.5 Å². The normalized spacial score (nSPS) is 13.6. The van der Waals surface area contributed by atoms with Gasteiger partial charge in [-0.05, 0) is 52.3 Å². The summed E-state index contributed by atoms with van der Waals surface area (Å²) >= 11 is 0. The Bertz CT molecular complexity index is 550. The number of ether oxygens (including phenoxy) is 1. The van der Waals surface area contributed by atoms with Crippen molar-refractivity contribution in [3.05, 3.63) is 34.4 Å². The van der Waals surface area contributed by atoms with Crippen LogP contribution in [-0.2, 0) is 26.8 Å². The summed E-state index contributed by atoms with van der Waals surface area (Å²) in [6.45, 7) is 20.5. The first-order valence-corrected chi connectivity index (χ1v) is 9.66. The van der Waals surface area contributed by atoms with Crippen LogP contribution in [0.2, 0.25) is 0 Å². The zero-order chi connectivity index (χ0) is 19.4. The quantitative estimate of drug-likeness (QED) is 0.581. The molecule has 1 aromatic rings. The summed E-state index contributed by atoms with van der Waals surface area (Å²) in [6.07, 6.45) is 2.23. The van der Waals surface area contributed by atoms with Crippen LogP contribution in [0.4, 0.5) is 0 Å². The molecule has 2 heteroatoms. The van der Waals surface area contributed by atoms with E-state index in [1.165, 1.54) is 22.3 Å². The van der Waals surface area contributed by atoms with Crippen LogP contribution in [0.3, 0.4) is 0 Å². The van der Waals surface area contributed by atoms with E-state index in [4.69, 9.17) is 4.74 Å². The number of carbonyl (C=O) groups is 1. The maximum Gasteiger partial charge on any atom is 0.306 e. The standard InChI is InChI=1S/C23H38O2/c1-10-16(2)15-25-21(24)12-11-18-13-19(22(4,5)6)17(3)20(14-18)23(7,8)9/h13-14,16H,10-12,15H2,1-9H3/t16-/m1/s1. The molecule has 0 saturated heterocycles. The van der Waals surface area contributed by atoms with E-state index in [0.717, 1.165) is 12.8 Å². The van der Waals surface area contributed by atoms with Crippen LogP contribution in [0.25, 0.3) is 0 Å². The highest BCUT2D eigenvalue weighted by atomic mass is 16.5. The molecular formula is C23H38O2. The lowest BCUT2D eigenvalue weighted by atomic mass is 9.75. The first kappa shape index (κ1) is 21.7. The van der Waals surface area contributed by atoms with Crippen LogP contribution in [0, 0.1) is 12.8 Å². The van der Waals surface area contributed by atoms with Gasteiger partial charge in [0, 0.05) is 6.42 Å². The lowest BCUT2D eigenvalue weighted by Gasteiger charge is -2.30. The summed E-state index contributed by atoms with van der Waals surface area (Å²) in [5.41, 5.74) is 5.56. The smallest absolute Gasteiger partial charge is 0.306 e. The van der Waals surface area contributed by atoms with Crippen molar-refractivity contribution in [2.45, 2.75) is 92.4 Å². The van der Waals surface area contributed by atoms with Gasteiger partial charge in [0.25, 0.3) is 0 Å². The molecule has 0 unspecified atom stereocenters. The molecule has 25 heavy (non-hydrogen) atoms. The number of carbonyl (C=O) groups excluding carboxylic acids is 1. The number of rotatable bonds is 6. The van der Waals surface area contributed by atoms with Gasteiger partial charge in [0.2, 0.25) is 0 Å². The molecule has 0 amide bonds. The molecular weight excluding hydrogens is 308 g/mol. The molecule has 0 heterocycles. The molecule has 0 radical (unpaired) electrons. The number of esters is 1. The lowest BCUT2D eigenvalue weighted by molar-refractivity contribution is -0.144. The van der Waals surface area contributed by atoms with Crippen LogP contribution in [0.5, 0.6) is 0 Å². The minimum absolute atomic E-state index is 0.0875. The highest BCUT2D eigenvalue weighted by Gasteiger charge is 2.24. The molecule has 0 aliphatic carbocycles. The van der Waals surface area contributed by atoms with Gasteiger partial charge >= 0.3 is 5.97 Å². The fraction of sp³-hybridized carbons (Fsp3) is 0.696. The number of hydrogen-bond acceptors (Lipinski definition) is 2. The molecule has 0 spiro atoms. The maximum absolute atomic E-state index is 12.0. The Labute approximate surface area is 155 Å². The van der Waals surface area contributed by atoms with Crippen molar-refractivity contribution in [3.63, 3.8) is 0 Å². The van der Waals surface area contributed by atoms with Crippen molar-refractivity contribution in [2.75, 3.05) is 6.61 Å². The van der Waals surface area contributed by atoms with Gasteiger partial charge in [-0.25, -0.2) is 0 Å². The fourth-order valence-corrected chi connectivity index (χ4v) is 3.15. The summed E-state index contributed by atoms with van der Waals surface area (Å²) in [4.78, 5) is 12.0. The van der Waals surface area contributed by atoms with Crippen LogP contribution < -0.4 is 0 Å². The summed E-state index contributed by atoms with van der Waals surface area (Å²) in [5, 5.41) is 0. The second kappa shape index (κ2) is 8.38. The summed E-state index contributed by atoms with van der Waals surface area (Å²) in [5.74, 6) is 0.346. The molecule has 2 nitrogen and oxygen atoms in total. The highest BCUT2D eigenvalue weighted by Crippen LogP contribution is 2.34. The van der Waals surface area contributed by atoms with Gasteiger partial charge in [0.05, 0.1) is 6.61 Å². The van der Waals surface area contributed by atoms with E-state index >= 15 is 0 Å². The number of benzene rings is 1. The van der Waals surface area contributed by atoms with Crippen molar-refractivity contribution in [1.29, 1.82) is 0 Å². The van der Waals surface area contributed by atoms with Crippen molar-refractivity contribution >= 4 is 5.97 Å². The molecule has 0 bridgehead atoms. The summed E-state index contributed by atoms with van der Waals surface area (Å²) < 4.78 is 5.40. The SMILES string of the molecule is CC[C@@H](C)COC(=O)CCc1cc(C(C)(C)C)c(C)c(C(C)(C)C)c1. The van der Waals surface area contributed by atoms with E-state index in [-0.39, 0.29) is 16.8 Å². The minimum atomic E-state index is -0.0875. The van der Waals surface area contributed by atoms with Crippen LogP contribution >= 0.6 is 0 Å². The van der Waals surface area contributed by atoms with Crippen molar-refractivity contribution in [3.8, 4) is 0 Å². The zero-order valence-electron chi connectivity index (χ0n) is 17.9. The molecule has 0 aliphatic rings. The average Bonchev–Trinajstić information content (AvgIpc) is 2.49. The molecule has 1 atom stereocenters. The maximum atomic E-state index is 12.0. The largest absolute Gasteiger partial charge is 0.465 e. The molecule has 0 fully saturated rings.